The van der Waals surface area contributed by atoms with Crippen molar-refractivity contribution >= 4 is 54.5 Å². The number of para-hydroxylation sites is 2. The van der Waals surface area contributed by atoms with Crippen molar-refractivity contribution in [3.8, 4) is 62.1 Å². The molecule has 0 aliphatic heterocycles. The highest BCUT2D eigenvalue weighted by Crippen LogP contribution is 2.50. The monoisotopic (exact) mass is 806 g/mol. The zero-order chi connectivity index (χ0) is 41.8. The molecule has 9 aromatic carbocycles. The summed E-state index contributed by atoms with van der Waals surface area (Å²) in [5.74, 6) is 1.78. The topological polar surface area (TPSA) is 56.7 Å². The van der Waals surface area contributed by atoms with E-state index in [0.717, 1.165) is 49.8 Å². The van der Waals surface area contributed by atoms with Gasteiger partial charge in [-0.25, -0.2) is 15.0 Å². The van der Waals surface area contributed by atoms with Gasteiger partial charge in [0.1, 0.15) is 11.2 Å². The average molecular weight is 807 g/mol. The maximum Gasteiger partial charge on any atom is 0.164 e. The summed E-state index contributed by atoms with van der Waals surface area (Å²) in [5.41, 5.74) is 15.3. The quantitative estimate of drug-likeness (QED) is 0.174. The lowest BCUT2D eigenvalue weighted by atomic mass is 9.81. The Morgan fingerprint density at radius 2 is 0.984 bits per heavy atom. The predicted octanol–water partition coefficient (Wildman–Crippen LogP) is 15.0. The summed E-state index contributed by atoms with van der Waals surface area (Å²) in [6.45, 7) is 4.70. The molecule has 0 atom stereocenters. The fourth-order valence-electron chi connectivity index (χ4n) is 10.2. The van der Waals surface area contributed by atoms with E-state index in [1.165, 1.54) is 60.4 Å². The van der Waals surface area contributed by atoms with E-state index >= 15 is 0 Å². The molecule has 1 aliphatic rings. The van der Waals surface area contributed by atoms with Crippen LogP contribution in [-0.2, 0) is 5.41 Å². The van der Waals surface area contributed by atoms with E-state index in [0.29, 0.717) is 17.5 Å². The molecule has 0 saturated carbocycles. The smallest absolute Gasteiger partial charge is 0.164 e. The molecular formula is C58H38N4O. The highest BCUT2D eigenvalue weighted by atomic mass is 16.3. The first-order valence-electron chi connectivity index (χ1n) is 21.5. The van der Waals surface area contributed by atoms with Crippen LogP contribution in [0.1, 0.15) is 25.0 Å². The van der Waals surface area contributed by atoms with Gasteiger partial charge in [0.15, 0.2) is 17.5 Å². The molecule has 12 aromatic rings. The molecule has 0 radical (unpaired) electrons. The van der Waals surface area contributed by atoms with Crippen LogP contribution in [0.15, 0.2) is 199 Å². The first kappa shape index (κ1) is 35.6. The molecule has 3 aromatic heterocycles. The summed E-state index contributed by atoms with van der Waals surface area (Å²) in [4.78, 5) is 15.5. The first-order valence-corrected chi connectivity index (χ1v) is 21.5. The predicted molar refractivity (Wildman–Crippen MR) is 258 cm³/mol. The second kappa shape index (κ2) is 13.4. The molecular weight excluding hydrogens is 769 g/mol. The highest BCUT2D eigenvalue weighted by Gasteiger charge is 2.35. The minimum Gasteiger partial charge on any atom is -0.456 e. The third kappa shape index (κ3) is 5.39. The van der Waals surface area contributed by atoms with Crippen LogP contribution in [0, 0.1) is 0 Å². The van der Waals surface area contributed by atoms with Crippen LogP contribution in [0.25, 0.3) is 117 Å². The van der Waals surface area contributed by atoms with Gasteiger partial charge < -0.3 is 8.98 Å². The van der Waals surface area contributed by atoms with Crippen molar-refractivity contribution in [3.05, 3.63) is 205 Å². The lowest BCUT2D eigenvalue weighted by Crippen LogP contribution is -2.14. The van der Waals surface area contributed by atoms with Gasteiger partial charge in [0.25, 0.3) is 0 Å². The van der Waals surface area contributed by atoms with Crippen molar-refractivity contribution in [1.82, 2.24) is 19.5 Å². The Kier molecular flexibility index (Phi) is 7.58. The molecule has 1 aliphatic carbocycles. The van der Waals surface area contributed by atoms with Crippen molar-refractivity contribution in [2.24, 2.45) is 0 Å². The summed E-state index contributed by atoms with van der Waals surface area (Å²) < 4.78 is 8.78. The number of hydrogen-bond donors (Lipinski definition) is 0. The minimum absolute atomic E-state index is 0.118. The molecule has 3 heterocycles. The molecule has 296 valence electrons. The van der Waals surface area contributed by atoms with E-state index in [2.05, 4.69) is 158 Å². The van der Waals surface area contributed by atoms with Crippen molar-refractivity contribution in [1.29, 1.82) is 0 Å². The largest absolute Gasteiger partial charge is 0.456 e. The Hall–Kier alpha value is -8.15. The van der Waals surface area contributed by atoms with E-state index in [1.54, 1.807) is 0 Å². The number of nitrogens with zero attached hydrogens (tertiary/aromatic N) is 4. The minimum atomic E-state index is -0.118. The van der Waals surface area contributed by atoms with Crippen LogP contribution in [0.3, 0.4) is 0 Å². The van der Waals surface area contributed by atoms with Gasteiger partial charge >= 0.3 is 0 Å². The number of benzene rings is 9. The fraction of sp³-hybridized carbons (Fsp3) is 0.0517. The molecule has 0 N–H and O–H groups in total. The Labute approximate surface area is 363 Å². The molecule has 0 fully saturated rings. The normalized spacial score (nSPS) is 13.0. The number of aromatic nitrogens is 4. The molecule has 63 heavy (non-hydrogen) atoms. The van der Waals surface area contributed by atoms with Crippen molar-refractivity contribution < 1.29 is 4.42 Å². The molecule has 0 saturated heterocycles. The zero-order valence-corrected chi connectivity index (χ0v) is 34.7. The van der Waals surface area contributed by atoms with Crippen LogP contribution < -0.4 is 0 Å². The summed E-state index contributed by atoms with van der Waals surface area (Å²) >= 11 is 0. The Morgan fingerprint density at radius 3 is 1.86 bits per heavy atom. The number of fused-ring (bicyclic) bond motifs is 11. The van der Waals surface area contributed by atoms with Crippen LogP contribution >= 0.6 is 0 Å². The lowest BCUT2D eigenvalue weighted by molar-refractivity contribution is 0.660. The van der Waals surface area contributed by atoms with Gasteiger partial charge in [-0.15, -0.1) is 0 Å². The SMILES string of the molecule is CC1(C)c2ccccc2-c2ccc(-c3cccc4c5ccc6ccccc6c5n(-c5cccc(-c6nc(-c7ccccc7)nc(-c7ccc8c(c7)oc7ccccc78)n6)c5)c34)cc21. The molecule has 13 rings (SSSR count). The highest BCUT2D eigenvalue weighted by molar-refractivity contribution is 6.21. The molecule has 0 amide bonds. The van der Waals surface area contributed by atoms with Gasteiger partial charge in [-0.3, -0.25) is 0 Å². The number of rotatable bonds is 5. The zero-order valence-electron chi connectivity index (χ0n) is 34.7. The van der Waals surface area contributed by atoms with Crippen LogP contribution in [-0.4, -0.2) is 19.5 Å². The van der Waals surface area contributed by atoms with Gasteiger partial charge in [-0.1, -0.05) is 172 Å². The van der Waals surface area contributed by atoms with E-state index in [4.69, 9.17) is 19.4 Å². The van der Waals surface area contributed by atoms with Crippen molar-refractivity contribution in [2.45, 2.75) is 19.3 Å². The summed E-state index contributed by atoms with van der Waals surface area (Å²) in [6.07, 6.45) is 0. The maximum absolute atomic E-state index is 6.32. The third-order valence-electron chi connectivity index (χ3n) is 13.2. The third-order valence-corrected chi connectivity index (χ3v) is 13.2. The molecule has 0 spiro atoms. The number of furan rings is 1. The van der Waals surface area contributed by atoms with Gasteiger partial charge in [-0.2, -0.15) is 0 Å². The molecule has 5 nitrogen and oxygen atoms in total. The van der Waals surface area contributed by atoms with Crippen LogP contribution in [0.2, 0.25) is 0 Å². The van der Waals surface area contributed by atoms with Crippen LogP contribution in [0.5, 0.6) is 0 Å². The number of hydrogen-bond acceptors (Lipinski definition) is 4. The Morgan fingerprint density at radius 1 is 0.381 bits per heavy atom. The molecule has 5 heteroatoms. The second-order valence-corrected chi connectivity index (χ2v) is 17.2. The lowest BCUT2D eigenvalue weighted by Gasteiger charge is -2.22. The van der Waals surface area contributed by atoms with Crippen LogP contribution in [0.4, 0.5) is 0 Å². The first-order chi connectivity index (χ1) is 31.0. The maximum atomic E-state index is 6.32. The Balaban J connectivity index is 1.03. The van der Waals surface area contributed by atoms with E-state index in [1.807, 2.05) is 54.6 Å². The molecule has 0 bridgehead atoms. The van der Waals surface area contributed by atoms with E-state index < -0.39 is 0 Å². The van der Waals surface area contributed by atoms with Crippen molar-refractivity contribution in [2.75, 3.05) is 0 Å². The van der Waals surface area contributed by atoms with Gasteiger partial charge in [-0.05, 0) is 69.6 Å². The standard InChI is InChI=1S/C58H38N4O/c1-58(2)49-24-10-8-20-43(49)44-29-27-37(33-50(44)58)42-22-13-23-47-48-31-26-35-14-6-7-19-41(35)53(48)62(54(42)47)40-18-12-17-38(32-40)56-59-55(36-15-4-3-5-16-36)60-57(61-56)39-28-30-46-45-21-9-11-25-51(45)63-52(46)34-39/h3-34H,1-2H3. The summed E-state index contributed by atoms with van der Waals surface area (Å²) in [7, 11) is 0. The summed E-state index contributed by atoms with van der Waals surface area (Å²) in [6, 6.07) is 69.1. The Bertz CT molecular complexity index is 3840. The summed E-state index contributed by atoms with van der Waals surface area (Å²) in [5, 5.41) is 6.95. The van der Waals surface area contributed by atoms with E-state index in [-0.39, 0.29) is 5.41 Å². The van der Waals surface area contributed by atoms with Gasteiger partial charge in [0.05, 0.1) is 11.0 Å². The van der Waals surface area contributed by atoms with Crippen molar-refractivity contribution in [3.63, 3.8) is 0 Å². The van der Waals surface area contributed by atoms with E-state index in [9.17, 15) is 0 Å². The molecule has 0 unspecified atom stereocenters. The van der Waals surface area contributed by atoms with Gasteiger partial charge in [0.2, 0.25) is 0 Å². The average Bonchev–Trinajstić information content (AvgIpc) is 3.97. The second-order valence-electron chi connectivity index (χ2n) is 17.2. The fourth-order valence-corrected chi connectivity index (χ4v) is 10.2. The van der Waals surface area contributed by atoms with Gasteiger partial charge in [0, 0.05) is 60.3 Å².